The molecule has 11 heteroatoms. The summed E-state index contributed by atoms with van der Waals surface area (Å²) in [6.45, 7) is 0.471. The summed E-state index contributed by atoms with van der Waals surface area (Å²) in [5, 5.41) is 8.33. The molecule has 1 aromatic rings. The van der Waals surface area contributed by atoms with Crippen LogP contribution in [0.3, 0.4) is 0 Å². The monoisotopic (exact) mass is 440 g/mol. The Hall–Kier alpha value is -3.72. The van der Waals surface area contributed by atoms with Gasteiger partial charge in [-0.05, 0) is 36.9 Å². The SMILES string of the molecule is [N-]=[N+]=NCCCCCCCC(=O)Nc1cccc2c1C(=O)N(C1CCC(=O)NC1=O)C2=O. The third-order valence-corrected chi connectivity index (χ3v) is 5.47. The lowest BCUT2D eigenvalue weighted by molar-refractivity contribution is -0.136. The van der Waals surface area contributed by atoms with Crippen LogP contribution >= 0.6 is 0 Å². The lowest BCUT2D eigenvalue weighted by atomic mass is 10.0. The summed E-state index contributed by atoms with van der Waals surface area (Å²) in [4.78, 5) is 65.3. The average molecular weight is 440 g/mol. The molecule has 0 saturated carbocycles. The third-order valence-electron chi connectivity index (χ3n) is 5.47. The molecule has 1 aromatic carbocycles. The van der Waals surface area contributed by atoms with Gasteiger partial charge in [0.1, 0.15) is 6.04 Å². The summed E-state index contributed by atoms with van der Waals surface area (Å²) in [5.74, 6) is -2.66. The lowest BCUT2D eigenvalue weighted by Gasteiger charge is -2.27. The van der Waals surface area contributed by atoms with Gasteiger partial charge >= 0.3 is 0 Å². The molecule has 0 spiro atoms. The Balaban J connectivity index is 1.59. The fourth-order valence-electron chi connectivity index (χ4n) is 3.87. The van der Waals surface area contributed by atoms with Gasteiger partial charge in [-0.2, -0.15) is 0 Å². The van der Waals surface area contributed by atoms with Crippen LogP contribution in [-0.2, 0) is 14.4 Å². The van der Waals surface area contributed by atoms with E-state index in [4.69, 9.17) is 5.53 Å². The van der Waals surface area contributed by atoms with Crippen LogP contribution in [0.5, 0.6) is 0 Å². The van der Waals surface area contributed by atoms with Crippen molar-refractivity contribution in [2.24, 2.45) is 5.11 Å². The number of amides is 5. The van der Waals surface area contributed by atoms with Crippen molar-refractivity contribution < 1.29 is 24.0 Å². The second kappa shape index (κ2) is 10.5. The van der Waals surface area contributed by atoms with Crippen molar-refractivity contribution in [1.29, 1.82) is 0 Å². The largest absolute Gasteiger partial charge is 0.325 e. The topological polar surface area (TPSA) is 161 Å². The average Bonchev–Trinajstić information content (AvgIpc) is 3.01. The fraction of sp³-hybridized carbons (Fsp3) is 0.476. The highest BCUT2D eigenvalue weighted by atomic mass is 16.2. The van der Waals surface area contributed by atoms with Gasteiger partial charge in [-0.25, -0.2) is 0 Å². The van der Waals surface area contributed by atoms with E-state index in [0.717, 1.165) is 30.6 Å². The van der Waals surface area contributed by atoms with E-state index in [0.29, 0.717) is 13.0 Å². The van der Waals surface area contributed by atoms with E-state index >= 15 is 0 Å². The molecular weight excluding hydrogens is 416 g/mol. The van der Waals surface area contributed by atoms with Gasteiger partial charge in [0.05, 0.1) is 16.8 Å². The first-order valence-corrected chi connectivity index (χ1v) is 10.6. The smallest absolute Gasteiger partial charge is 0.264 e. The number of azide groups is 1. The zero-order valence-electron chi connectivity index (χ0n) is 17.5. The molecule has 32 heavy (non-hydrogen) atoms. The molecule has 11 nitrogen and oxygen atoms in total. The number of carbonyl (C=O) groups excluding carboxylic acids is 5. The zero-order valence-corrected chi connectivity index (χ0v) is 17.5. The summed E-state index contributed by atoms with van der Waals surface area (Å²) in [5.41, 5.74) is 8.64. The van der Waals surface area contributed by atoms with E-state index < -0.39 is 29.7 Å². The molecule has 2 aliphatic rings. The van der Waals surface area contributed by atoms with Gasteiger partial charge in [-0.3, -0.25) is 34.2 Å². The molecular formula is C21H24N6O5. The van der Waals surface area contributed by atoms with Crippen molar-refractivity contribution >= 4 is 35.2 Å². The predicted octanol–water partition coefficient (Wildman–Crippen LogP) is 2.68. The molecule has 0 radical (unpaired) electrons. The molecule has 1 saturated heterocycles. The molecule has 3 rings (SSSR count). The maximum atomic E-state index is 13.0. The standard InChI is InChI=1S/C21H24N6O5/c22-26-23-12-5-3-1-2-4-9-16(28)24-14-8-6-7-13-18(14)21(32)27(20(13)31)15-10-11-17(29)25-19(15)30/h6-8,15H,1-5,9-12H2,(H,24,28)(H,25,29,30). The van der Waals surface area contributed by atoms with Gasteiger partial charge < -0.3 is 5.32 Å². The number of hydrogen-bond donors (Lipinski definition) is 2. The Morgan fingerprint density at radius 1 is 1.12 bits per heavy atom. The van der Waals surface area contributed by atoms with Crippen LogP contribution in [0.1, 0.15) is 72.1 Å². The Morgan fingerprint density at radius 3 is 2.62 bits per heavy atom. The molecule has 1 unspecified atom stereocenters. The summed E-state index contributed by atoms with van der Waals surface area (Å²) >= 11 is 0. The summed E-state index contributed by atoms with van der Waals surface area (Å²) in [7, 11) is 0. The molecule has 1 atom stereocenters. The number of carbonyl (C=O) groups is 5. The van der Waals surface area contributed by atoms with Gasteiger partial charge in [0.25, 0.3) is 11.8 Å². The highest BCUT2D eigenvalue weighted by Crippen LogP contribution is 2.32. The van der Waals surface area contributed by atoms with E-state index in [2.05, 4.69) is 20.7 Å². The number of rotatable bonds is 10. The quantitative estimate of drug-likeness (QED) is 0.188. The van der Waals surface area contributed by atoms with Crippen molar-refractivity contribution in [3.63, 3.8) is 0 Å². The normalized spacial score (nSPS) is 17.6. The van der Waals surface area contributed by atoms with Gasteiger partial charge in [0.15, 0.2) is 0 Å². The molecule has 2 aliphatic heterocycles. The van der Waals surface area contributed by atoms with E-state index in [1.54, 1.807) is 12.1 Å². The first kappa shape index (κ1) is 23.0. The Morgan fingerprint density at radius 2 is 1.88 bits per heavy atom. The number of imide groups is 2. The van der Waals surface area contributed by atoms with Gasteiger partial charge in [-0.15, -0.1) is 0 Å². The molecule has 2 N–H and O–H groups in total. The van der Waals surface area contributed by atoms with E-state index in [1.807, 2.05) is 0 Å². The minimum atomic E-state index is -1.05. The van der Waals surface area contributed by atoms with Crippen LogP contribution in [0.25, 0.3) is 10.4 Å². The number of unbranched alkanes of at least 4 members (excludes halogenated alkanes) is 4. The maximum absolute atomic E-state index is 13.0. The number of benzene rings is 1. The Labute approximate surface area is 184 Å². The van der Waals surface area contributed by atoms with Gasteiger partial charge in [-0.1, -0.05) is 30.4 Å². The second-order valence-corrected chi connectivity index (χ2v) is 7.70. The fourth-order valence-corrected chi connectivity index (χ4v) is 3.87. The maximum Gasteiger partial charge on any atom is 0.264 e. The zero-order chi connectivity index (χ0) is 23.1. The molecule has 5 amide bonds. The van der Waals surface area contributed by atoms with Crippen molar-refractivity contribution in [2.45, 2.75) is 57.4 Å². The van der Waals surface area contributed by atoms with E-state index in [1.165, 1.54) is 6.07 Å². The van der Waals surface area contributed by atoms with Gasteiger partial charge in [0.2, 0.25) is 17.7 Å². The van der Waals surface area contributed by atoms with Crippen LogP contribution < -0.4 is 10.6 Å². The minimum absolute atomic E-state index is 0.0406. The van der Waals surface area contributed by atoms with Gasteiger partial charge in [0, 0.05) is 24.3 Å². The lowest BCUT2D eigenvalue weighted by Crippen LogP contribution is -2.54. The van der Waals surface area contributed by atoms with Crippen molar-refractivity contribution in [3.05, 3.63) is 39.8 Å². The minimum Gasteiger partial charge on any atom is -0.325 e. The molecule has 0 aliphatic carbocycles. The first-order valence-electron chi connectivity index (χ1n) is 10.6. The van der Waals surface area contributed by atoms with Crippen LogP contribution in [0.15, 0.2) is 23.3 Å². The van der Waals surface area contributed by atoms with E-state index in [9.17, 15) is 24.0 Å². The first-order chi connectivity index (χ1) is 15.4. The number of hydrogen-bond acceptors (Lipinski definition) is 6. The third kappa shape index (κ3) is 5.12. The van der Waals surface area contributed by atoms with Crippen LogP contribution in [0, 0.1) is 0 Å². The highest BCUT2D eigenvalue weighted by molar-refractivity contribution is 6.26. The molecule has 0 bridgehead atoms. The van der Waals surface area contributed by atoms with Crippen molar-refractivity contribution in [3.8, 4) is 0 Å². The molecule has 1 fully saturated rings. The molecule has 2 heterocycles. The van der Waals surface area contributed by atoms with Crippen LogP contribution in [0.4, 0.5) is 5.69 Å². The second-order valence-electron chi connectivity index (χ2n) is 7.70. The summed E-state index contributed by atoms with van der Waals surface area (Å²) in [6.07, 6.45) is 4.53. The van der Waals surface area contributed by atoms with Crippen molar-refractivity contribution in [2.75, 3.05) is 11.9 Å². The Kier molecular flexibility index (Phi) is 7.56. The van der Waals surface area contributed by atoms with Crippen LogP contribution in [0.2, 0.25) is 0 Å². The van der Waals surface area contributed by atoms with E-state index in [-0.39, 0.29) is 42.0 Å². The van der Waals surface area contributed by atoms with Crippen molar-refractivity contribution in [1.82, 2.24) is 10.2 Å². The number of fused-ring (bicyclic) bond motifs is 1. The number of piperidine rings is 1. The number of nitrogens with zero attached hydrogens (tertiary/aromatic N) is 4. The molecule has 0 aromatic heterocycles. The Bertz CT molecular complexity index is 1000. The summed E-state index contributed by atoms with van der Waals surface area (Å²) in [6, 6.07) is 3.54. The highest BCUT2D eigenvalue weighted by Gasteiger charge is 2.45. The number of anilines is 1. The molecule has 168 valence electrons. The number of nitrogens with one attached hydrogen (secondary N) is 2. The van der Waals surface area contributed by atoms with Crippen LogP contribution in [-0.4, -0.2) is 47.0 Å². The predicted molar refractivity (Wildman–Crippen MR) is 113 cm³/mol. The summed E-state index contributed by atoms with van der Waals surface area (Å²) < 4.78 is 0.